The SMILES string of the molecule is CC(Cc1ccco1)NCc1cccc(O)c1O. The highest BCUT2D eigenvalue weighted by atomic mass is 16.3. The molecule has 2 aromatic rings. The highest BCUT2D eigenvalue weighted by molar-refractivity contribution is 5.44. The first-order chi connectivity index (χ1) is 8.66. The molecule has 0 aliphatic rings. The summed E-state index contributed by atoms with van der Waals surface area (Å²) in [6, 6.07) is 8.97. The minimum Gasteiger partial charge on any atom is -0.504 e. The van der Waals surface area contributed by atoms with Gasteiger partial charge >= 0.3 is 0 Å². The molecule has 0 saturated carbocycles. The van der Waals surface area contributed by atoms with E-state index in [1.165, 1.54) is 6.07 Å². The van der Waals surface area contributed by atoms with Crippen molar-refractivity contribution in [3.8, 4) is 11.5 Å². The zero-order valence-electron chi connectivity index (χ0n) is 10.3. The normalized spacial score (nSPS) is 12.5. The quantitative estimate of drug-likeness (QED) is 0.710. The van der Waals surface area contributed by atoms with Crippen molar-refractivity contribution in [2.45, 2.75) is 25.9 Å². The fourth-order valence-electron chi connectivity index (χ4n) is 1.81. The molecule has 0 bridgehead atoms. The summed E-state index contributed by atoms with van der Waals surface area (Å²) >= 11 is 0. The molecule has 2 rings (SSSR count). The molecule has 0 spiro atoms. The van der Waals surface area contributed by atoms with Crippen molar-refractivity contribution in [3.05, 3.63) is 47.9 Å². The fourth-order valence-corrected chi connectivity index (χ4v) is 1.81. The van der Waals surface area contributed by atoms with Gasteiger partial charge in [0.25, 0.3) is 0 Å². The van der Waals surface area contributed by atoms with Crippen molar-refractivity contribution in [1.82, 2.24) is 5.32 Å². The van der Waals surface area contributed by atoms with E-state index in [2.05, 4.69) is 5.32 Å². The molecular formula is C14H17NO3. The molecule has 0 fully saturated rings. The highest BCUT2D eigenvalue weighted by Gasteiger charge is 2.08. The second-order valence-corrected chi connectivity index (χ2v) is 4.35. The lowest BCUT2D eigenvalue weighted by molar-refractivity contribution is 0.394. The number of nitrogens with one attached hydrogen (secondary N) is 1. The predicted molar refractivity (Wildman–Crippen MR) is 68.5 cm³/mol. The Kier molecular flexibility index (Phi) is 3.89. The third kappa shape index (κ3) is 3.05. The van der Waals surface area contributed by atoms with Gasteiger partial charge in [0.1, 0.15) is 5.76 Å². The van der Waals surface area contributed by atoms with Gasteiger partial charge < -0.3 is 19.9 Å². The van der Waals surface area contributed by atoms with Crippen molar-refractivity contribution in [2.24, 2.45) is 0 Å². The van der Waals surface area contributed by atoms with Gasteiger partial charge in [0.15, 0.2) is 11.5 Å². The number of phenols is 2. The van der Waals surface area contributed by atoms with Crippen molar-refractivity contribution in [1.29, 1.82) is 0 Å². The van der Waals surface area contributed by atoms with Crippen LogP contribution in [0.1, 0.15) is 18.2 Å². The Bertz CT molecular complexity index is 494. The molecule has 96 valence electrons. The molecule has 0 aliphatic carbocycles. The third-order valence-corrected chi connectivity index (χ3v) is 2.83. The molecule has 1 atom stereocenters. The number of hydrogen-bond acceptors (Lipinski definition) is 4. The maximum Gasteiger partial charge on any atom is 0.161 e. The first-order valence-corrected chi connectivity index (χ1v) is 5.92. The van der Waals surface area contributed by atoms with Crippen LogP contribution in [0.15, 0.2) is 41.0 Å². The smallest absolute Gasteiger partial charge is 0.161 e. The average molecular weight is 247 g/mol. The molecule has 1 heterocycles. The molecular weight excluding hydrogens is 230 g/mol. The largest absolute Gasteiger partial charge is 0.504 e. The van der Waals surface area contributed by atoms with Crippen LogP contribution in [0.2, 0.25) is 0 Å². The Hall–Kier alpha value is -1.94. The molecule has 1 aromatic carbocycles. The lowest BCUT2D eigenvalue weighted by Crippen LogP contribution is -2.27. The van der Waals surface area contributed by atoms with Gasteiger partial charge in [-0.05, 0) is 25.1 Å². The van der Waals surface area contributed by atoms with Crippen LogP contribution >= 0.6 is 0 Å². The molecule has 1 aromatic heterocycles. The van der Waals surface area contributed by atoms with Crippen molar-refractivity contribution < 1.29 is 14.6 Å². The summed E-state index contributed by atoms with van der Waals surface area (Å²) in [5.74, 6) is 0.776. The monoisotopic (exact) mass is 247 g/mol. The molecule has 0 amide bonds. The van der Waals surface area contributed by atoms with E-state index in [9.17, 15) is 10.2 Å². The van der Waals surface area contributed by atoms with E-state index < -0.39 is 0 Å². The highest BCUT2D eigenvalue weighted by Crippen LogP contribution is 2.27. The van der Waals surface area contributed by atoms with Gasteiger partial charge in [0.2, 0.25) is 0 Å². The number of hydrogen-bond donors (Lipinski definition) is 3. The van der Waals surface area contributed by atoms with Gasteiger partial charge in [-0.15, -0.1) is 0 Å². The van der Waals surface area contributed by atoms with Crippen LogP contribution in [-0.2, 0) is 13.0 Å². The summed E-state index contributed by atoms with van der Waals surface area (Å²) in [6.07, 6.45) is 2.44. The van der Waals surface area contributed by atoms with E-state index in [-0.39, 0.29) is 17.5 Å². The molecule has 1 unspecified atom stereocenters. The second kappa shape index (κ2) is 5.60. The molecule has 18 heavy (non-hydrogen) atoms. The molecule has 0 aliphatic heterocycles. The molecule has 4 heteroatoms. The predicted octanol–water partition coefficient (Wildman–Crippen LogP) is 2.41. The van der Waals surface area contributed by atoms with E-state index in [1.54, 1.807) is 18.4 Å². The van der Waals surface area contributed by atoms with Crippen LogP contribution in [0.3, 0.4) is 0 Å². The summed E-state index contributed by atoms with van der Waals surface area (Å²) in [5, 5.41) is 22.3. The Labute approximate surface area is 106 Å². The van der Waals surface area contributed by atoms with Gasteiger partial charge in [-0.25, -0.2) is 0 Å². The van der Waals surface area contributed by atoms with E-state index in [0.717, 1.165) is 12.2 Å². The topological polar surface area (TPSA) is 65.6 Å². The first-order valence-electron chi connectivity index (χ1n) is 5.92. The molecule has 3 N–H and O–H groups in total. The second-order valence-electron chi connectivity index (χ2n) is 4.35. The van der Waals surface area contributed by atoms with Gasteiger partial charge in [-0.1, -0.05) is 12.1 Å². The summed E-state index contributed by atoms with van der Waals surface area (Å²) in [6.45, 7) is 2.55. The van der Waals surface area contributed by atoms with Crippen LogP contribution in [0.4, 0.5) is 0 Å². The van der Waals surface area contributed by atoms with E-state index in [0.29, 0.717) is 12.1 Å². The Balaban J connectivity index is 1.89. The summed E-state index contributed by atoms with van der Waals surface area (Å²) in [4.78, 5) is 0. The maximum atomic E-state index is 9.66. The summed E-state index contributed by atoms with van der Waals surface area (Å²) in [7, 11) is 0. The van der Waals surface area contributed by atoms with Crippen LogP contribution in [0.25, 0.3) is 0 Å². The Morgan fingerprint density at radius 2 is 2.06 bits per heavy atom. The fraction of sp³-hybridized carbons (Fsp3) is 0.286. The minimum absolute atomic E-state index is 0.0600. The van der Waals surface area contributed by atoms with Crippen molar-refractivity contribution in [2.75, 3.05) is 0 Å². The third-order valence-electron chi connectivity index (χ3n) is 2.83. The lowest BCUT2D eigenvalue weighted by Gasteiger charge is -2.13. The van der Waals surface area contributed by atoms with E-state index >= 15 is 0 Å². The van der Waals surface area contributed by atoms with Gasteiger partial charge in [0, 0.05) is 24.6 Å². The number of phenolic OH excluding ortho intramolecular Hbond substituents is 2. The number of aromatic hydroxyl groups is 2. The summed E-state index contributed by atoms with van der Waals surface area (Å²) in [5.41, 5.74) is 0.682. The van der Waals surface area contributed by atoms with Crippen LogP contribution in [0, 0.1) is 0 Å². The van der Waals surface area contributed by atoms with Gasteiger partial charge in [0.05, 0.1) is 6.26 Å². The molecule has 0 saturated heterocycles. The zero-order valence-corrected chi connectivity index (χ0v) is 10.3. The van der Waals surface area contributed by atoms with Crippen LogP contribution in [-0.4, -0.2) is 16.3 Å². The Morgan fingerprint density at radius 3 is 2.78 bits per heavy atom. The Morgan fingerprint density at radius 1 is 1.22 bits per heavy atom. The number of rotatable bonds is 5. The summed E-state index contributed by atoms with van der Waals surface area (Å²) < 4.78 is 5.27. The van der Waals surface area contributed by atoms with Gasteiger partial charge in [-0.2, -0.15) is 0 Å². The van der Waals surface area contributed by atoms with E-state index in [1.807, 2.05) is 19.1 Å². The first kappa shape index (κ1) is 12.5. The van der Waals surface area contributed by atoms with Crippen molar-refractivity contribution in [3.63, 3.8) is 0 Å². The van der Waals surface area contributed by atoms with Gasteiger partial charge in [-0.3, -0.25) is 0 Å². The number of benzene rings is 1. The lowest BCUT2D eigenvalue weighted by atomic mass is 10.1. The number of para-hydroxylation sites is 1. The zero-order chi connectivity index (χ0) is 13.0. The van der Waals surface area contributed by atoms with Crippen LogP contribution in [0.5, 0.6) is 11.5 Å². The standard InChI is InChI=1S/C14H17NO3/c1-10(8-12-5-3-7-18-12)15-9-11-4-2-6-13(16)14(11)17/h2-7,10,15-17H,8-9H2,1H3. The molecule has 4 nitrogen and oxygen atoms in total. The molecule has 0 radical (unpaired) electrons. The van der Waals surface area contributed by atoms with E-state index in [4.69, 9.17) is 4.42 Å². The maximum absolute atomic E-state index is 9.66. The van der Waals surface area contributed by atoms with Crippen LogP contribution < -0.4 is 5.32 Å². The van der Waals surface area contributed by atoms with Crippen molar-refractivity contribution >= 4 is 0 Å². The number of furan rings is 1. The minimum atomic E-state index is -0.0898. The average Bonchev–Trinajstić information content (AvgIpc) is 2.84.